The summed E-state index contributed by atoms with van der Waals surface area (Å²) in [5, 5.41) is 3.48. The number of rotatable bonds is 4. The van der Waals surface area contributed by atoms with Gasteiger partial charge in [-0.15, -0.1) is 6.58 Å². The van der Waals surface area contributed by atoms with Crippen LogP contribution >= 0.6 is 11.6 Å². The van der Waals surface area contributed by atoms with E-state index in [9.17, 15) is 0 Å². The first kappa shape index (κ1) is 9.86. The van der Waals surface area contributed by atoms with Gasteiger partial charge < -0.3 is 11.1 Å². The third-order valence-electron chi connectivity index (χ3n) is 1.47. The van der Waals surface area contributed by atoms with Gasteiger partial charge in [0.2, 0.25) is 0 Å². The molecular formula is C9H12ClN3. The molecule has 1 rings (SSSR count). The summed E-state index contributed by atoms with van der Waals surface area (Å²) in [6.07, 6.45) is 2.72. The maximum absolute atomic E-state index is 5.71. The van der Waals surface area contributed by atoms with E-state index in [1.165, 1.54) is 0 Å². The Morgan fingerprint density at radius 3 is 3.00 bits per heavy atom. The monoisotopic (exact) mass is 197 g/mol. The average molecular weight is 198 g/mol. The summed E-state index contributed by atoms with van der Waals surface area (Å²) in [6, 6.07) is 3.36. The molecule has 1 aromatic heterocycles. The zero-order chi connectivity index (χ0) is 9.68. The van der Waals surface area contributed by atoms with Gasteiger partial charge in [-0.3, -0.25) is 0 Å². The first-order valence-electron chi connectivity index (χ1n) is 4.00. The van der Waals surface area contributed by atoms with Gasteiger partial charge in [0.25, 0.3) is 0 Å². The van der Waals surface area contributed by atoms with Crippen molar-refractivity contribution in [2.24, 2.45) is 0 Å². The number of aromatic nitrogens is 1. The van der Waals surface area contributed by atoms with Gasteiger partial charge in [-0.05, 0) is 12.5 Å². The van der Waals surface area contributed by atoms with Crippen molar-refractivity contribution < 1.29 is 0 Å². The fourth-order valence-electron chi connectivity index (χ4n) is 0.910. The molecule has 1 aromatic rings. The van der Waals surface area contributed by atoms with Crippen LogP contribution in [-0.2, 0) is 0 Å². The van der Waals surface area contributed by atoms with Crippen LogP contribution in [0.2, 0.25) is 5.15 Å². The number of nitrogens with two attached hydrogens (primary N) is 1. The molecule has 0 saturated carbocycles. The van der Waals surface area contributed by atoms with Gasteiger partial charge in [-0.25, -0.2) is 4.98 Å². The lowest BCUT2D eigenvalue weighted by Crippen LogP contribution is -2.02. The maximum atomic E-state index is 5.71. The van der Waals surface area contributed by atoms with Gasteiger partial charge in [0.05, 0.1) is 0 Å². The second kappa shape index (κ2) is 4.72. The third-order valence-corrected chi connectivity index (χ3v) is 1.66. The Bertz CT molecular complexity index is 279. The van der Waals surface area contributed by atoms with Crippen LogP contribution in [0.15, 0.2) is 24.8 Å². The molecule has 0 unspecified atom stereocenters. The zero-order valence-electron chi connectivity index (χ0n) is 7.26. The summed E-state index contributed by atoms with van der Waals surface area (Å²) in [7, 11) is 0. The number of nitrogens with zero attached hydrogens (tertiary/aromatic N) is 1. The minimum absolute atomic E-state index is 0.404. The third kappa shape index (κ3) is 3.34. The lowest BCUT2D eigenvalue weighted by Gasteiger charge is -2.04. The number of hydrogen-bond acceptors (Lipinski definition) is 3. The van der Waals surface area contributed by atoms with Crippen molar-refractivity contribution in [3.8, 4) is 0 Å². The van der Waals surface area contributed by atoms with E-state index in [4.69, 9.17) is 17.3 Å². The predicted molar refractivity (Wildman–Crippen MR) is 57.0 cm³/mol. The molecule has 0 atom stereocenters. The Hall–Kier alpha value is -1.22. The lowest BCUT2D eigenvalue weighted by atomic mass is 10.4. The van der Waals surface area contributed by atoms with Gasteiger partial charge in [0, 0.05) is 18.3 Å². The fourth-order valence-corrected chi connectivity index (χ4v) is 1.13. The van der Waals surface area contributed by atoms with Crippen LogP contribution < -0.4 is 11.1 Å². The summed E-state index contributed by atoms with van der Waals surface area (Å²) in [4.78, 5) is 4.05. The summed E-state index contributed by atoms with van der Waals surface area (Å²) >= 11 is 5.71. The number of nitrogens with one attached hydrogen (secondary N) is 1. The Kier molecular flexibility index (Phi) is 3.58. The molecule has 1 heterocycles. The van der Waals surface area contributed by atoms with E-state index < -0.39 is 0 Å². The van der Waals surface area contributed by atoms with E-state index in [1.807, 2.05) is 6.08 Å². The van der Waals surface area contributed by atoms with Crippen LogP contribution in [0.25, 0.3) is 0 Å². The molecule has 0 aliphatic heterocycles. The van der Waals surface area contributed by atoms with Crippen molar-refractivity contribution in [1.29, 1.82) is 0 Å². The van der Waals surface area contributed by atoms with Crippen molar-refractivity contribution in [2.45, 2.75) is 6.42 Å². The molecule has 0 aliphatic rings. The first-order valence-corrected chi connectivity index (χ1v) is 4.38. The zero-order valence-corrected chi connectivity index (χ0v) is 8.01. The SMILES string of the molecule is C=CCCNc1cc(N)cc(Cl)n1. The highest BCUT2D eigenvalue weighted by Crippen LogP contribution is 2.15. The average Bonchev–Trinajstić information content (AvgIpc) is 2.03. The molecule has 4 heteroatoms. The second-order valence-corrected chi connectivity index (χ2v) is 3.00. The molecule has 0 saturated heterocycles. The molecular weight excluding hydrogens is 186 g/mol. The van der Waals surface area contributed by atoms with E-state index >= 15 is 0 Å². The molecule has 3 N–H and O–H groups in total. The molecule has 0 aliphatic carbocycles. The van der Waals surface area contributed by atoms with Gasteiger partial charge >= 0.3 is 0 Å². The molecule has 3 nitrogen and oxygen atoms in total. The topological polar surface area (TPSA) is 50.9 Å². The summed E-state index contributed by atoms with van der Waals surface area (Å²) < 4.78 is 0. The van der Waals surface area contributed by atoms with Crippen LogP contribution in [0, 0.1) is 0 Å². The van der Waals surface area contributed by atoms with E-state index in [0.29, 0.717) is 16.7 Å². The van der Waals surface area contributed by atoms with Crippen molar-refractivity contribution in [3.05, 3.63) is 29.9 Å². The molecule has 13 heavy (non-hydrogen) atoms. The lowest BCUT2D eigenvalue weighted by molar-refractivity contribution is 1.05. The Labute approximate surface area is 82.6 Å². The smallest absolute Gasteiger partial charge is 0.133 e. The van der Waals surface area contributed by atoms with Gasteiger partial charge in [0.1, 0.15) is 11.0 Å². The molecule has 0 bridgehead atoms. The van der Waals surface area contributed by atoms with Crippen LogP contribution in [0.5, 0.6) is 0 Å². The van der Waals surface area contributed by atoms with E-state index in [-0.39, 0.29) is 0 Å². The number of pyridine rings is 1. The number of halogens is 1. The Morgan fingerprint density at radius 2 is 2.38 bits per heavy atom. The van der Waals surface area contributed by atoms with Crippen molar-refractivity contribution >= 4 is 23.1 Å². The first-order chi connectivity index (χ1) is 6.22. The minimum Gasteiger partial charge on any atom is -0.399 e. The van der Waals surface area contributed by atoms with Gasteiger partial charge in [-0.2, -0.15) is 0 Å². The number of anilines is 2. The summed E-state index contributed by atoms with van der Waals surface area (Å²) in [6.45, 7) is 4.40. The molecule has 0 amide bonds. The minimum atomic E-state index is 0.404. The van der Waals surface area contributed by atoms with E-state index in [2.05, 4.69) is 16.9 Å². The Balaban J connectivity index is 2.60. The maximum Gasteiger partial charge on any atom is 0.133 e. The highest BCUT2D eigenvalue weighted by atomic mass is 35.5. The standard InChI is InChI=1S/C9H12ClN3/c1-2-3-4-12-9-6-7(11)5-8(10)13-9/h2,5-6H,1,3-4H2,(H3,11,12,13). The van der Waals surface area contributed by atoms with E-state index in [0.717, 1.165) is 13.0 Å². The van der Waals surface area contributed by atoms with Gasteiger partial charge in [0.15, 0.2) is 0 Å². The van der Waals surface area contributed by atoms with Gasteiger partial charge in [-0.1, -0.05) is 17.7 Å². The Morgan fingerprint density at radius 1 is 1.62 bits per heavy atom. The van der Waals surface area contributed by atoms with Crippen molar-refractivity contribution in [3.63, 3.8) is 0 Å². The molecule has 0 fully saturated rings. The highest BCUT2D eigenvalue weighted by molar-refractivity contribution is 6.29. The van der Waals surface area contributed by atoms with Crippen molar-refractivity contribution in [2.75, 3.05) is 17.6 Å². The summed E-state index contributed by atoms with van der Waals surface area (Å²) in [5.74, 6) is 0.701. The molecule has 70 valence electrons. The van der Waals surface area contributed by atoms with Crippen LogP contribution in [-0.4, -0.2) is 11.5 Å². The largest absolute Gasteiger partial charge is 0.399 e. The number of nitrogen functional groups attached to an aromatic ring is 1. The van der Waals surface area contributed by atoms with Crippen LogP contribution in [0.4, 0.5) is 11.5 Å². The molecule has 0 radical (unpaired) electrons. The summed E-state index contributed by atoms with van der Waals surface area (Å²) in [5.41, 5.74) is 6.19. The molecule has 0 spiro atoms. The quantitative estimate of drug-likeness (QED) is 0.443. The second-order valence-electron chi connectivity index (χ2n) is 2.61. The van der Waals surface area contributed by atoms with Crippen LogP contribution in [0.1, 0.15) is 6.42 Å². The molecule has 0 aromatic carbocycles. The number of hydrogen-bond donors (Lipinski definition) is 2. The van der Waals surface area contributed by atoms with E-state index in [1.54, 1.807) is 12.1 Å². The fraction of sp³-hybridized carbons (Fsp3) is 0.222. The van der Waals surface area contributed by atoms with Crippen LogP contribution in [0.3, 0.4) is 0 Å². The highest BCUT2D eigenvalue weighted by Gasteiger charge is 1.96. The van der Waals surface area contributed by atoms with Crippen molar-refractivity contribution in [1.82, 2.24) is 4.98 Å². The normalized spacial score (nSPS) is 9.62. The predicted octanol–water partition coefficient (Wildman–Crippen LogP) is 2.31.